The Labute approximate surface area is 186 Å². The van der Waals surface area contributed by atoms with Gasteiger partial charge < -0.3 is 4.74 Å². The minimum absolute atomic E-state index is 0.133. The Bertz CT molecular complexity index is 1210. The number of nitrogens with one attached hydrogen (secondary N) is 1. The molecule has 0 fully saturated rings. The van der Waals surface area contributed by atoms with Crippen LogP contribution in [0.1, 0.15) is 18.1 Å². The summed E-state index contributed by atoms with van der Waals surface area (Å²) < 4.78 is 33.0. The summed E-state index contributed by atoms with van der Waals surface area (Å²) in [5.41, 5.74) is 3.71. The van der Waals surface area contributed by atoms with Gasteiger partial charge in [0.05, 0.1) is 17.7 Å². The van der Waals surface area contributed by atoms with Crippen molar-refractivity contribution in [1.82, 2.24) is 10.5 Å². The molecular formula is C23H23N3O5S. The van der Waals surface area contributed by atoms with E-state index >= 15 is 0 Å². The zero-order valence-corrected chi connectivity index (χ0v) is 18.4. The predicted octanol–water partition coefficient (Wildman–Crippen LogP) is 3.24. The molecule has 166 valence electrons. The predicted molar refractivity (Wildman–Crippen MR) is 121 cm³/mol. The molecule has 2 aromatic carbocycles. The van der Waals surface area contributed by atoms with Gasteiger partial charge in [-0.2, -0.15) is 0 Å². The highest BCUT2D eigenvalue weighted by atomic mass is 32.2. The van der Waals surface area contributed by atoms with Crippen LogP contribution in [0.2, 0.25) is 0 Å². The normalized spacial score (nSPS) is 11.7. The summed E-state index contributed by atoms with van der Waals surface area (Å²) in [6, 6.07) is 16.5. The fraction of sp³-hybridized carbons (Fsp3) is 0.130. The van der Waals surface area contributed by atoms with Crippen molar-refractivity contribution in [3.8, 4) is 5.75 Å². The van der Waals surface area contributed by atoms with E-state index in [0.717, 1.165) is 0 Å². The molecule has 1 amide bonds. The number of rotatable bonds is 8. The lowest BCUT2D eigenvalue weighted by molar-refractivity contribution is -0.124. The van der Waals surface area contributed by atoms with Crippen LogP contribution in [0.4, 0.5) is 5.69 Å². The molecule has 1 heterocycles. The summed E-state index contributed by atoms with van der Waals surface area (Å²) in [6.07, 6.45) is 4.41. The molecule has 0 spiro atoms. The number of hydrogen-bond donors (Lipinski definition) is 2. The maximum absolute atomic E-state index is 13.3. The number of aromatic nitrogens is 1. The van der Waals surface area contributed by atoms with Crippen LogP contribution in [0.15, 0.2) is 84.0 Å². The number of pyridine rings is 1. The zero-order chi connectivity index (χ0) is 23.1. The largest absolute Gasteiger partial charge is 0.497 e. The van der Waals surface area contributed by atoms with Crippen molar-refractivity contribution in [2.24, 2.45) is 0 Å². The van der Waals surface area contributed by atoms with Gasteiger partial charge >= 0.3 is 0 Å². The molecule has 0 aliphatic carbocycles. The van der Waals surface area contributed by atoms with Crippen LogP contribution in [0, 0.1) is 0 Å². The standard InChI is InChI=1S/C23H23N3O5S/c1-3-26(32(29,30)21-11-9-20(31-2)10-12-21)19-8-4-6-17(14-19)22(15-23(27)25-28)18-7-5-13-24-16-18/h4-16,28H,3H2,1-2H3,(H,25,27)/b22-15+. The molecule has 9 heteroatoms. The number of hydrogen-bond acceptors (Lipinski definition) is 6. The summed E-state index contributed by atoms with van der Waals surface area (Å²) in [5.74, 6) is -0.158. The Kier molecular flexibility index (Phi) is 7.24. The van der Waals surface area contributed by atoms with E-state index in [4.69, 9.17) is 9.94 Å². The van der Waals surface area contributed by atoms with Gasteiger partial charge in [-0.1, -0.05) is 18.2 Å². The van der Waals surface area contributed by atoms with Gasteiger partial charge in [0.1, 0.15) is 5.75 Å². The third kappa shape index (κ3) is 4.96. The number of methoxy groups -OCH3 is 1. The quantitative estimate of drug-likeness (QED) is 0.308. The van der Waals surface area contributed by atoms with Gasteiger partial charge in [-0.25, -0.2) is 13.9 Å². The van der Waals surface area contributed by atoms with Crippen LogP contribution in [0.25, 0.3) is 5.57 Å². The number of carbonyl (C=O) groups is 1. The fourth-order valence-electron chi connectivity index (χ4n) is 3.21. The summed E-state index contributed by atoms with van der Waals surface area (Å²) in [7, 11) is -2.33. The Hall–Kier alpha value is -3.69. The molecule has 0 atom stereocenters. The highest BCUT2D eigenvalue weighted by molar-refractivity contribution is 7.92. The number of benzene rings is 2. The van der Waals surface area contributed by atoms with E-state index < -0.39 is 15.9 Å². The second-order valence-corrected chi connectivity index (χ2v) is 8.53. The second-order valence-electron chi connectivity index (χ2n) is 6.67. The molecule has 0 saturated heterocycles. The van der Waals surface area contributed by atoms with Gasteiger partial charge in [0.25, 0.3) is 15.9 Å². The van der Waals surface area contributed by atoms with Crippen molar-refractivity contribution in [2.45, 2.75) is 11.8 Å². The van der Waals surface area contributed by atoms with Crippen molar-refractivity contribution in [3.63, 3.8) is 0 Å². The molecule has 8 nitrogen and oxygen atoms in total. The van der Waals surface area contributed by atoms with E-state index in [0.29, 0.717) is 28.1 Å². The average molecular weight is 454 g/mol. The molecular weight excluding hydrogens is 430 g/mol. The number of anilines is 1. The van der Waals surface area contributed by atoms with Crippen molar-refractivity contribution in [2.75, 3.05) is 18.0 Å². The van der Waals surface area contributed by atoms with Crippen molar-refractivity contribution < 1.29 is 23.2 Å². The SMILES string of the molecule is CCN(c1cccc(/C(=C\C(=O)NO)c2cccnc2)c1)S(=O)(=O)c1ccc(OC)cc1. The van der Waals surface area contributed by atoms with E-state index in [2.05, 4.69) is 4.98 Å². The zero-order valence-electron chi connectivity index (χ0n) is 17.6. The molecule has 0 saturated carbocycles. The number of ether oxygens (including phenoxy) is 1. The first-order valence-corrected chi connectivity index (χ1v) is 11.2. The maximum atomic E-state index is 13.3. The van der Waals surface area contributed by atoms with Crippen LogP contribution < -0.4 is 14.5 Å². The number of carbonyl (C=O) groups excluding carboxylic acids is 1. The molecule has 1 aromatic heterocycles. The smallest absolute Gasteiger partial charge is 0.267 e. The average Bonchev–Trinajstić information content (AvgIpc) is 2.83. The number of amides is 1. The number of hydroxylamine groups is 1. The summed E-state index contributed by atoms with van der Waals surface area (Å²) in [6.45, 7) is 1.94. The highest BCUT2D eigenvalue weighted by Gasteiger charge is 2.24. The first-order valence-electron chi connectivity index (χ1n) is 9.74. The van der Waals surface area contributed by atoms with Gasteiger partial charge in [0.2, 0.25) is 0 Å². The molecule has 0 aliphatic heterocycles. The van der Waals surface area contributed by atoms with Crippen LogP contribution in [-0.2, 0) is 14.8 Å². The molecule has 3 rings (SSSR count). The van der Waals surface area contributed by atoms with Crippen molar-refractivity contribution in [3.05, 3.63) is 90.3 Å². The van der Waals surface area contributed by atoms with Crippen LogP contribution in [-0.4, -0.2) is 38.2 Å². The summed E-state index contributed by atoms with van der Waals surface area (Å²) in [5, 5.41) is 8.97. The Morgan fingerprint density at radius 3 is 2.44 bits per heavy atom. The van der Waals surface area contributed by atoms with E-state index in [1.54, 1.807) is 73.3 Å². The first kappa shape index (κ1) is 23.0. The molecule has 0 unspecified atom stereocenters. The minimum atomic E-state index is -3.84. The first-order chi connectivity index (χ1) is 15.4. The minimum Gasteiger partial charge on any atom is -0.497 e. The van der Waals surface area contributed by atoms with E-state index in [-0.39, 0.29) is 11.4 Å². The van der Waals surface area contributed by atoms with Crippen molar-refractivity contribution >= 4 is 27.2 Å². The van der Waals surface area contributed by atoms with Crippen LogP contribution in [0.5, 0.6) is 5.75 Å². The van der Waals surface area contributed by atoms with Gasteiger partial charge in [-0.15, -0.1) is 0 Å². The molecule has 32 heavy (non-hydrogen) atoms. The van der Waals surface area contributed by atoms with Gasteiger partial charge in [-0.05, 0) is 60.5 Å². The monoisotopic (exact) mass is 453 g/mol. The molecule has 0 bridgehead atoms. The highest BCUT2D eigenvalue weighted by Crippen LogP contribution is 2.30. The second kappa shape index (κ2) is 10.1. The van der Waals surface area contributed by atoms with Crippen LogP contribution >= 0.6 is 0 Å². The third-order valence-corrected chi connectivity index (χ3v) is 6.66. The van der Waals surface area contributed by atoms with E-state index in [9.17, 15) is 13.2 Å². The van der Waals surface area contributed by atoms with Crippen LogP contribution in [0.3, 0.4) is 0 Å². The number of sulfonamides is 1. The lowest BCUT2D eigenvalue weighted by atomic mass is 9.98. The lowest BCUT2D eigenvalue weighted by Crippen LogP contribution is -2.30. The van der Waals surface area contributed by atoms with Gasteiger partial charge in [0.15, 0.2) is 0 Å². The third-order valence-electron chi connectivity index (χ3n) is 4.74. The Balaban J connectivity index is 2.07. The maximum Gasteiger partial charge on any atom is 0.267 e. The Morgan fingerprint density at radius 2 is 1.84 bits per heavy atom. The fourth-order valence-corrected chi connectivity index (χ4v) is 4.68. The summed E-state index contributed by atoms with van der Waals surface area (Å²) in [4.78, 5) is 16.1. The van der Waals surface area contributed by atoms with Gasteiger partial charge in [-0.3, -0.25) is 19.3 Å². The molecule has 0 radical (unpaired) electrons. The number of nitrogens with zero attached hydrogens (tertiary/aromatic N) is 2. The van der Waals surface area contributed by atoms with E-state index in [1.165, 1.54) is 29.6 Å². The lowest BCUT2D eigenvalue weighted by Gasteiger charge is -2.24. The summed E-state index contributed by atoms with van der Waals surface area (Å²) >= 11 is 0. The van der Waals surface area contributed by atoms with Crippen molar-refractivity contribution in [1.29, 1.82) is 0 Å². The van der Waals surface area contributed by atoms with E-state index in [1.807, 2.05) is 0 Å². The van der Waals surface area contributed by atoms with Gasteiger partial charge in [0, 0.05) is 30.6 Å². The molecule has 2 N–H and O–H groups in total. The molecule has 3 aromatic rings. The Morgan fingerprint density at radius 1 is 1.12 bits per heavy atom. The topological polar surface area (TPSA) is 109 Å². The molecule has 0 aliphatic rings.